The smallest absolute Gasteiger partial charge is 0.334 e. The molecule has 2 N–H and O–H groups in total. The van der Waals surface area contributed by atoms with Crippen LogP contribution < -0.4 is 5.69 Å². The lowest BCUT2D eigenvalue weighted by molar-refractivity contribution is 0.481. The van der Waals surface area contributed by atoms with E-state index in [-0.39, 0.29) is 11.6 Å². The van der Waals surface area contributed by atoms with Gasteiger partial charge in [-0.3, -0.25) is 10.4 Å². The molecule has 0 saturated heterocycles. The largest absolute Gasteiger partial charge is 0.345 e. The molecule has 7 heteroatoms. The monoisotopic (exact) mass is 234 g/mol. The van der Waals surface area contributed by atoms with Gasteiger partial charge in [0, 0.05) is 13.6 Å². The average Bonchev–Trinajstić information content (AvgIpc) is 2.64. The summed E-state index contributed by atoms with van der Waals surface area (Å²) in [7, 11) is 1.78. The summed E-state index contributed by atoms with van der Waals surface area (Å²) in [6.45, 7) is 2.73. The first kappa shape index (κ1) is 11.3. The van der Waals surface area contributed by atoms with E-state index in [1.165, 1.54) is 17.1 Å². The summed E-state index contributed by atoms with van der Waals surface area (Å²) < 4.78 is 1.27. The van der Waals surface area contributed by atoms with Crippen LogP contribution >= 0.6 is 0 Å². The van der Waals surface area contributed by atoms with Gasteiger partial charge in [-0.05, 0) is 6.42 Å². The quantitative estimate of drug-likeness (QED) is 0.575. The molecular formula is C10H14N6O. The lowest BCUT2D eigenvalue weighted by Crippen LogP contribution is -2.37. The molecule has 0 fully saturated rings. The molecule has 0 atom stereocenters. The van der Waals surface area contributed by atoms with Gasteiger partial charge < -0.3 is 4.90 Å². The van der Waals surface area contributed by atoms with E-state index >= 15 is 0 Å². The van der Waals surface area contributed by atoms with Gasteiger partial charge in [-0.2, -0.15) is 0 Å². The number of hydrogen-bond acceptors (Lipinski definition) is 4. The van der Waals surface area contributed by atoms with Crippen LogP contribution in [0.3, 0.4) is 0 Å². The van der Waals surface area contributed by atoms with Crippen LogP contribution in [0.15, 0.2) is 17.3 Å². The first-order valence-electron chi connectivity index (χ1n) is 5.36. The van der Waals surface area contributed by atoms with Crippen LogP contribution in [0.1, 0.15) is 13.3 Å². The fraction of sp³-hybridized carbons (Fsp3) is 0.400. The molecule has 0 amide bonds. The van der Waals surface area contributed by atoms with Crippen molar-refractivity contribution in [3.8, 4) is 0 Å². The van der Waals surface area contributed by atoms with Crippen molar-refractivity contribution in [3.05, 3.63) is 23.0 Å². The van der Waals surface area contributed by atoms with E-state index in [2.05, 4.69) is 15.0 Å². The van der Waals surface area contributed by atoms with Gasteiger partial charge in [-0.15, -0.1) is 0 Å². The van der Waals surface area contributed by atoms with E-state index in [9.17, 15) is 4.79 Å². The van der Waals surface area contributed by atoms with Crippen LogP contribution in [-0.2, 0) is 0 Å². The van der Waals surface area contributed by atoms with Gasteiger partial charge in [0.05, 0.1) is 6.20 Å². The molecule has 0 aliphatic carbocycles. The summed E-state index contributed by atoms with van der Waals surface area (Å²) in [5.74, 6) is 0.123. The molecule has 2 rings (SSSR count). The summed E-state index contributed by atoms with van der Waals surface area (Å²) in [5.41, 5.74) is 0.596. The number of fused-ring (bicyclic) bond motifs is 1. The van der Waals surface area contributed by atoms with Gasteiger partial charge in [0.25, 0.3) is 0 Å². The van der Waals surface area contributed by atoms with E-state index in [4.69, 9.17) is 5.41 Å². The maximum atomic E-state index is 11.8. The number of aromatic amines is 1. The average molecular weight is 234 g/mol. The molecule has 2 heterocycles. The highest BCUT2D eigenvalue weighted by Crippen LogP contribution is 2.04. The number of nitrogens with zero attached hydrogens (tertiary/aromatic N) is 4. The van der Waals surface area contributed by atoms with Crippen molar-refractivity contribution in [2.45, 2.75) is 13.3 Å². The maximum Gasteiger partial charge on any atom is 0.334 e. The fourth-order valence-electron chi connectivity index (χ4n) is 1.67. The van der Waals surface area contributed by atoms with Crippen LogP contribution in [-0.4, -0.2) is 44.0 Å². The van der Waals surface area contributed by atoms with E-state index in [1.807, 2.05) is 6.92 Å². The van der Waals surface area contributed by atoms with Crippen molar-refractivity contribution in [1.29, 1.82) is 5.41 Å². The zero-order chi connectivity index (χ0) is 12.4. The second kappa shape index (κ2) is 4.36. The minimum Gasteiger partial charge on any atom is -0.345 e. The predicted octanol–water partition coefficient (Wildman–Crippen LogP) is 0.244. The molecule has 0 bridgehead atoms. The van der Waals surface area contributed by atoms with Gasteiger partial charge in [-0.25, -0.2) is 19.3 Å². The van der Waals surface area contributed by atoms with Crippen LogP contribution in [0.5, 0.6) is 0 Å². The molecule has 0 aliphatic rings. The first-order valence-corrected chi connectivity index (χ1v) is 5.36. The Morgan fingerprint density at radius 3 is 3.12 bits per heavy atom. The van der Waals surface area contributed by atoms with Gasteiger partial charge in [-0.1, -0.05) is 6.92 Å². The van der Waals surface area contributed by atoms with Crippen molar-refractivity contribution in [3.63, 3.8) is 0 Å². The van der Waals surface area contributed by atoms with Crippen LogP contribution in [0.4, 0.5) is 0 Å². The minimum atomic E-state index is -0.367. The number of rotatable bonds is 2. The molecule has 0 spiro atoms. The van der Waals surface area contributed by atoms with E-state index < -0.39 is 0 Å². The van der Waals surface area contributed by atoms with Crippen LogP contribution in [0, 0.1) is 5.41 Å². The highest BCUT2D eigenvalue weighted by molar-refractivity contribution is 5.88. The van der Waals surface area contributed by atoms with Crippen molar-refractivity contribution in [2.75, 3.05) is 13.6 Å². The summed E-state index contributed by atoms with van der Waals surface area (Å²) in [6, 6.07) is 0. The third-order valence-electron chi connectivity index (χ3n) is 2.49. The van der Waals surface area contributed by atoms with Gasteiger partial charge in [0.15, 0.2) is 5.65 Å². The summed E-state index contributed by atoms with van der Waals surface area (Å²) in [5, 5.41) is 7.99. The molecule has 2 aromatic rings. The molecule has 0 unspecified atom stereocenters. The number of hydrogen-bond donors (Lipinski definition) is 2. The lowest BCUT2D eigenvalue weighted by atomic mass is 10.4. The summed E-state index contributed by atoms with van der Waals surface area (Å²) >= 11 is 0. The lowest BCUT2D eigenvalue weighted by Gasteiger charge is -2.18. The normalized spacial score (nSPS) is 10.7. The molecule has 0 aromatic carbocycles. The summed E-state index contributed by atoms with van der Waals surface area (Å²) in [6.07, 6.45) is 3.79. The minimum absolute atomic E-state index is 0.123. The predicted molar refractivity (Wildman–Crippen MR) is 64.2 cm³/mol. The highest BCUT2D eigenvalue weighted by atomic mass is 16.1. The maximum absolute atomic E-state index is 11.8. The Bertz CT molecular complexity index is 598. The van der Waals surface area contributed by atoms with E-state index in [0.29, 0.717) is 17.7 Å². The SMILES string of the molecule is CCCN(C)C(=N)n1c(=O)[nH]c2ncncc21. The molecule has 90 valence electrons. The Morgan fingerprint density at radius 1 is 1.65 bits per heavy atom. The zero-order valence-electron chi connectivity index (χ0n) is 9.77. The number of imidazole rings is 1. The third-order valence-corrected chi connectivity index (χ3v) is 2.49. The Balaban J connectivity index is 2.51. The molecule has 7 nitrogen and oxygen atoms in total. The molecule has 2 aromatic heterocycles. The standard InChI is InChI=1S/C10H14N6O/c1-3-4-15(2)9(11)16-7-5-12-6-13-8(7)14-10(16)17/h5-6,11H,3-4H2,1-2H3,(H,12,13,14,17). The molecule has 17 heavy (non-hydrogen) atoms. The zero-order valence-corrected chi connectivity index (χ0v) is 9.77. The molecule has 0 saturated carbocycles. The van der Waals surface area contributed by atoms with Crippen molar-refractivity contribution < 1.29 is 0 Å². The summed E-state index contributed by atoms with van der Waals surface area (Å²) in [4.78, 5) is 23.9. The number of aromatic nitrogens is 4. The number of H-pyrrole nitrogens is 1. The second-order valence-electron chi connectivity index (χ2n) is 3.77. The van der Waals surface area contributed by atoms with Gasteiger partial charge in [0.1, 0.15) is 11.8 Å². The van der Waals surface area contributed by atoms with Gasteiger partial charge >= 0.3 is 5.69 Å². The molecular weight excluding hydrogens is 220 g/mol. The Morgan fingerprint density at radius 2 is 2.41 bits per heavy atom. The Hall–Kier alpha value is -2.18. The Labute approximate surface area is 97.6 Å². The molecule has 0 radical (unpaired) electrons. The number of nitrogens with one attached hydrogen (secondary N) is 2. The fourth-order valence-corrected chi connectivity index (χ4v) is 1.67. The third kappa shape index (κ3) is 1.91. The van der Waals surface area contributed by atoms with E-state index in [1.54, 1.807) is 11.9 Å². The Kier molecular flexibility index (Phi) is 2.90. The van der Waals surface area contributed by atoms with Crippen LogP contribution in [0.2, 0.25) is 0 Å². The second-order valence-corrected chi connectivity index (χ2v) is 3.77. The van der Waals surface area contributed by atoms with Crippen molar-refractivity contribution in [2.24, 2.45) is 0 Å². The van der Waals surface area contributed by atoms with E-state index in [0.717, 1.165) is 6.42 Å². The topological polar surface area (TPSA) is 90.7 Å². The van der Waals surface area contributed by atoms with Gasteiger partial charge in [0.2, 0.25) is 5.96 Å². The first-order chi connectivity index (χ1) is 8.15. The molecule has 0 aliphatic heterocycles. The highest BCUT2D eigenvalue weighted by Gasteiger charge is 2.14. The van der Waals surface area contributed by atoms with Crippen LogP contribution in [0.25, 0.3) is 11.2 Å². The van der Waals surface area contributed by atoms with Crippen molar-refractivity contribution in [1.82, 2.24) is 24.4 Å². The van der Waals surface area contributed by atoms with Crippen molar-refractivity contribution >= 4 is 17.1 Å².